The molecule has 0 unspecified atom stereocenters. The molecule has 1 aliphatic heterocycles. The smallest absolute Gasteiger partial charge is 0.322 e. The van der Waals surface area contributed by atoms with Crippen LogP contribution in [-0.2, 0) is 13.0 Å². The average Bonchev–Trinajstić information content (AvgIpc) is 2.62. The Labute approximate surface area is 156 Å². The quantitative estimate of drug-likeness (QED) is 0.826. The molecule has 5 nitrogen and oxygen atoms in total. The number of anilines is 1. The van der Waals surface area contributed by atoms with Crippen LogP contribution in [0.3, 0.4) is 0 Å². The lowest BCUT2D eigenvalue weighted by Gasteiger charge is -2.30. The van der Waals surface area contributed by atoms with Crippen LogP contribution in [0.25, 0.3) is 0 Å². The third-order valence-corrected chi connectivity index (χ3v) is 4.93. The molecule has 3 rings (SSSR count). The molecular weight excluding hydrogens is 384 g/mol. The van der Waals surface area contributed by atoms with Crippen LogP contribution < -0.4 is 14.8 Å². The summed E-state index contributed by atoms with van der Waals surface area (Å²) in [7, 11) is 3.25. The van der Waals surface area contributed by atoms with Crippen molar-refractivity contribution in [2.24, 2.45) is 0 Å². The Morgan fingerprint density at radius 1 is 1.12 bits per heavy atom. The molecule has 0 radical (unpaired) electrons. The van der Waals surface area contributed by atoms with E-state index in [1.54, 1.807) is 14.2 Å². The SMILES string of the molecule is COc1cc2c(cc1OC)CN(C(=O)Nc1ccc(Br)cc1C)CC2. The summed E-state index contributed by atoms with van der Waals surface area (Å²) < 4.78 is 11.7. The maximum Gasteiger partial charge on any atom is 0.322 e. The van der Waals surface area contributed by atoms with Gasteiger partial charge in [-0.25, -0.2) is 4.79 Å². The van der Waals surface area contributed by atoms with Gasteiger partial charge < -0.3 is 19.7 Å². The average molecular weight is 405 g/mol. The first-order valence-electron chi connectivity index (χ1n) is 8.07. The molecule has 0 spiro atoms. The van der Waals surface area contributed by atoms with Crippen molar-refractivity contribution in [1.29, 1.82) is 0 Å². The highest BCUT2D eigenvalue weighted by Crippen LogP contribution is 2.33. The van der Waals surface area contributed by atoms with Gasteiger partial charge in [0.1, 0.15) is 0 Å². The summed E-state index contributed by atoms with van der Waals surface area (Å²) >= 11 is 3.44. The van der Waals surface area contributed by atoms with Crippen LogP contribution in [-0.4, -0.2) is 31.7 Å². The van der Waals surface area contributed by atoms with Gasteiger partial charge in [-0.05, 0) is 60.4 Å². The second kappa shape index (κ2) is 7.35. The minimum atomic E-state index is -0.0918. The Morgan fingerprint density at radius 3 is 2.44 bits per heavy atom. The molecule has 0 aliphatic carbocycles. The maximum atomic E-state index is 12.6. The molecule has 0 fully saturated rings. The van der Waals surface area contributed by atoms with E-state index in [2.05, 4.69) is 21.2 Å². The van der Waals surface area contributed by atoms with Crippen molar-refractivity contribution in [3.63, 3.8) is 0 Å². The van der Waals surface area contributed by atoms with Crippen LogP contribution in [0.15, 0.2) is 34.8 Å². The fourth-order valence-electron chi connectivity index (χ4n) is 3.02. The lowest BCUT2D eigenvalue weighted by molar-refractivity contribution is 0.206. The highest BCUT2D eigenvalue weighted by molar-refractivity contribution is 9.10. The topological polar surface area (TPSA) is 50.8 Å². The number of benzene rings is 2. The molecule has 1 N–H and O–H groups in total. The first-order valence-corrected chi connectivity index (χ1v) is 8.87. The molecule has 25 heavy (non-hydrogen) atoms. The second-order valence-corrected chi connectivity index (χ2v) is 6.95. The molecule has 0 saturated heterocycles. The van der Waals surface area contributed by atoms with E-state index in [4.69, 9.17) is 9.47 Å². The number of methoxy groups -OCH3 is 2. The molecular formula is C19H21BrN2O3. The molecule has 0 atom stereocenters. The lowest BCUT2D eigenvalue weighted by Crippen LogP contribution is -2.39. The number of aryl methyl sites for hydroxylation is 1. The Kier molecular flexibility index (Phi) is 5.18. The van der Waals surface area contributed by atoms with Crippen LogP contribution in [0.4, 0.5) is 10.5 Å². The third kappa shape index (κ3) is 3.74. The van der Waals surface area contributed by atoms with Gasteiger partial charge in [-0.15, -0.1) is 0 Å². The summed E-state index contributed by atoms with van der Waals surface area (Å²) in [5, 5.41) is 3.00. The van der Waals surface area contributed by atoms with E-state index in [0.717, 1.165) is 33.5 Å². The lowest BCUT2D eigenvalue weighted by atomic mass is 9.99. The van der Waals surface area contributed by atoms with Crippen LogP contribution in [0.1, 0.15) is 16.7 Å². The molecule has 0 aromatic heterocycles. The molecule has 6 heteroatoms. The van der Waals surface area contributed by atoms with Crippen LogP contribution in [0.2, 0.25) is 0 Å². The van der Waals surface area contributed by atoms with Crippen molar-refractivity contribution in [1.82, 2.24) is 4.90 Å². The number of carbonyl (C=O) groups excluding carboxylic acids is 1. The Morgan fingerprint density at radius 2 is 1.80 bits per heavy atom. The van der Waals surface area contributed by atoms with Crippen LogP contribution in [0.5, 0.6) is 11.5 Å². The highest BCUT2D eigenvalue weighted by atomic mass is 79.9. The zero-order chi connectivity index (χ0) is 18.0. The van der Waals surface area contributed by atoms with Gasteiger partial charge in [0.05, 0.1) is 14.2 Å². The zero-order valence-electron chi connectivity index (χ0n) is 14.6. The van der Waals surface area contributed by atoms with Crippen LogP contribution >= 0.6 is 15.9 Å². The Balaban J connectivity index is 1.76. The summed E-state index contributed by atoms with van der Waals surface area (Å²) in [6.45, 7) is 3.20. The molecule has 2 aromatic rings. The monoisotopic (exact) mass is 404 g/mol. The van der Waals surface area contributed by atoms with E-state index in [0.29, 0.717) is 18.8 Å². The van der Waals surface area contributed by atoms with Gasteiger partial charge >= 0.3 is 6.03 Å². The predicted octanol–water partition coefficient (Wildman–Crippen LogP) is 4.36. The van der Waals surface area contributed by atoms with Gasteiger partial charge in [0.25, 0.3) is 0 Å². The number of nitrogens with zero attached hydrogens (tertiary/aromatic N) is 1. The van der Waals surface area contributed by atoms with E-state index in [1.165, 1.54) is 5.56 Å². The van der Waals surface area contributed by atoms with Gasteiger partial charge in [-0.1, -0.05) is 15.9 Å². The van der Waals surface area contributed by atoms with Crippen molar-refractivity contribution < 1.29 is 14.3 Å². The van der Waals surface area contributed by atoms with Crippen molar-refractivity contribution in [3.05, 3.63) is 51.5 Å². The summed E-state index contributed by atoms with van der Waals surface area (Å²) in [5.74, 6) is 1.41. The minimum Gasteiger partial charge on any atom is -0.493 e. The van der Waals surface area contributed by atoms with Crippen molar-refractivity contribution >= 4 is 27.6 Å². The number of urea groups is 1. The second-order valence-electron chi connectivity index (χ2n) is 6.04. The fraction of sp³-hybridized carbons (Fsp3) is 0.316. The van der Waals surface area contributed by atoms with E-state index in [1.807, 2.05) is 42.2 Å². The molecule has 0 saturated carbocycles. The summed E-state index contributed by atoms with van der Waals surface area (Å²) in [4.78, 5) is 14.5. The van der Waals surface area contributed by atoms with Crippen molar-refractivity contribution in [3.8, 4) is 11.5 Å². The van der Waals surface area contributed by atoms with E-state index in [-0.39, 0.29) is 6.03 Å². The Bertz CT molecular complexity index is 807. The maximum absolute atomic E-state index is 12.6. The number of rotatable bonds is 3. The predicted molar refractivity (Wildman–Crippen MR) is 102 cm³/mol. The standard InChI is InChI=1S/C19H21BrN2O3/c1-12-8-15(20)4-5-16(12)21-19(23)22-7-6-13-9-17(24-2)18(25-3)10-14(13)11-22/h4-5,8-10H,6-7,11H2,1-3H3,(H,21,23). The number of ether oxygens (including phenoxy) is 2. The van der Waals surface area contributed by atoms with Gasteiger partial charge in [-0.3, -0.25) is 0 Å². The largest absolute Gasteiger partial charge is 0.493 e. The van der Waals surface area contributed by atoms with Gasteiger partial charge in [0.2, 0.25) is 0 Å². The van der Waals surface area contributed by atoms with E-state index in [9.17, 15) is 4.79 Å². The number of hydrogen-bond acceptors (Lipinski definition) is 3. The third-order valence-electron chi connectivity index (χ3n) is 4.44. The van der Waals surface area contributed by atoms with Crippen molar-refractivity contribution in [2.45, 2.75) is 19.9 Å². The van der Waals surface area contributed by atoms with E-state index < -0.39 is 0 Å². The van der Waals surface area contributed by atoms with Crippen molar-refractivity contribution in [2.75, 3.05) is 26.1 Å². The molecule has 2 aromatic carbocycles. The summed E-state index contributed by atoms with van der Waals surface area (Å²) in [6.07, 6.45) is 0.794. The fourth-order valence-corrected chi connectivity index (χ4v) is 3.49. The number of halogens is 1. The molecule has 1 aliphatic rings. The van der Waals surface area contributed by atoms with Gasteiger partial charge in [-0.2, -0.15) is 0 Å². The molecule has 0 bridgehead atoms. The van der Waals surface area contributed by atoms with Gasteiger partial charge in [0.15, 0.2) is 11.5 Å². The summed E-state index contributed by atoms with van der Waals surface area (Å²) in [6, 6.07) is 9.68. The zero-order valence-corrected chi connectivity index (χ0v) is 16.1. The normalized spacial score (nSPS) is 13.2. The first-order chi connectivity index (χ1) is 12.0. The highest BCUT2D eigenvalue weighted by Gasteiger charge is 2.23. The number of fused-ring (bicyclic) bond motifs is 1. The Hall–Kier alpha value is -2.21. The number of amides is 2. The number of hydrogen-bond donors (Lipinski definition) is 1. The molecule has 132 valence electrons. The van der Waals surface area contributed by atoms with Gasteiger partial charge in [0, 0.05) is 23.2 Å². The van der Waals surface area contributed by atoms with E-state index >= 15 is 0 Å². The molecule has 2 amide bonds. The molecule has 1 heterocycles. The summed E-state index contributed by atoms with van der Waals surface area (Å²) in [5.41, 5.74) is 4.13. The minimum absolute atomic E-state index is 0.0918. The number of carbonyl (C=O) groups is 1. The number of nitrogens with one attached hydrogen (secondary N) is 1. The van der Waals surface area contributed by atoms with Crippen LogP contribution in [0, 0.1) is 6.92 Å². The first kappa shape index (κ1) is 17.6.